The number of pyridine rings is 1. The Kier molecular flexibility index (Phi) is 10.5. The molecule has 0 fully saturated rings. The van der Waals surface area contributed by atoms with Crippen molar-refractivity contribution in [1.82, 2.24) is 19.9 Å². The van der Waals surface area contributed by atoms with E-state index in [1.54, 1.807) is 36.3 Å². The molecule has 13 heteroatoms. The van der Waals surface area contributed by atoms with Gasteiger partial charge in [-0.05, 0) is 91.5 Å². The van der Waals surface area contributed by atoms with Crippen LogP contribution in [0.1, 0.15) is 35.1 Å². The van der Waals surface area contributed by atoms with Gasteiger partial charge in [-0.1, -0.05) is 6.92 Å². The zero-order valence-electron chi connectivity index (χ0n) is 24.5. The molecule has 1 amide bonds. The summed E-state index contributed by atoms with van der Waals surface area (Å²) < 4.78 is 62.0. The quantitative estimate of drug-likeness (QED) is 0.165. The van der Waals surface area contributed by atoms with E-state index >= 15 is 4.39 Å². The number of rotatable bonds is 11. The van der Waals surface area contributed by atoms with Crippen molar-refractivity contribution in [2.45, 2.75) is 25.9 Å². The molecule has 2 aromatic heterocycles. The van der Waals surface area contributed by atoms with Crippen LogP contribution in [-0.2, 0) is 12.6 Å². The molecule has 0 saturated carbocycles. The fourth-order valence-electron chi connectivity index (χ4n) is 4.37. The van der Waals surface area contributed by atoms with Crippen LogP contribution in [0, 0.1) is 5.82 Å². The smallest absolute Gasteiger partial charge is 0.416 e. The zero-order valence-corrected chi connectivity index (χ0v) is 26.1. The Morgan fingerprint density at radius 2 is 1.80 bits per heavy atom. The number of ether oxygens (including phenoxy) is 1. The van der Waals surface area contributed by atoms with Crippen molar-refractivity contribution >= 4 is 33.2 Å². The van der Waals surface area contributed by atoms with Gasteiger partial charge in [0, 0.05) is 32.4 Å². The highest BCUT2D eigenvalue weighted by molar-refractivity contribution is 9.10. The van der Waals surface area contributed by atoms with Gasteiger partial charge in [0.15, 0.2) is 0 Å². The van der Waals surface area contributed by atoms with E-state index in [2.05, 4.69) is 36.2 Å². The fourth-order valence-corrected chi connectivity index (χ4v) is 4.81. The van der Waals surface area contributed by atoms with Gasteiger partial charge in [-0.15, -0.1) is 0 Å². The number of carbonyl (C=O) groups is 1. The third-order valence-electron chi connectivity index (χ3n) is 6.61. The molecule has 0 aliphatic heterocycles. The highest BCUT2D eigenvalue weighted by Crippen LogP contribution is 2.37. The molecule has 0 atom stereocenters. The van der Waals surface area contributed by atoms with E-state index in [0.29, 0.717) is 35.7 Å². The number of nitrogens with one attached hydrogen (secondary N) is 1. The van der Waals surface area contributed by atoms with E-state index in [1.165, 1.54) is 24.4 Å². The number of amides is 1. The number of anilines is 2. The molecule has 8 nitrogen and oxygen atoms in total. The molecule has 2 aromatic carbocycles. The molecule has 4 aromatic rings. The largest absolute Gasteiger partial charge is 0.438 e. The molecule has 0 saturated heterocycles. The predicted molar refractivity (Wildman–Crippen MR) is 165 cm³/mol. The first-order valence-electron chi connectivity index (χ1n) is 13.7. The lowest BCUT2D eigenvalue weighted by Gasteiger charge is -2.24. The maximum absolute atomic E-state index is 15.3. The van der Waals surface area contributed by atoms with Crippen molar-refractivity contribution in [3.8, 4) is 22.9 Å². The van der Waals surface area contributed by atoms with E-state index in [1.807, 2.05) is 25.9 Å². The molecule has 0 radical (unpaired) electrons. The SMILES string of the molecule is CCc1nccc(-c2cccnc2Oc2cc(Br)c(F)c(C(=O)Nc3cc(C(F)(F)F)ccc3N(C)CCCN(C)C)c2)n1. The van der Waals surface area contributed by atoms with Crippen molar-refractivity contribution in [2.24, 2.45) is 0 Å². The number of benzene rings is 2. The number of halogens is 5. The minimum atomic E-state index is -4.65. The average molecular weight is 676 g/mol. The van der Waals surface area contributed by atoms with Crippen molar-refractivity contribution in [3.63, 3.8) is 0 Å². The maximum atomic E-state index is 15.3. The molecule has 2 heterocycles. The van der Waals surface area contributed by atoms with E-state index in [9.17, 15) is 18.0 Å². The van der Waals surface area contributed by atoms with Gasteiger partial charge in [0.1, 0.15) is 17.4 Å². The Labute approximate surface area is 261 Å². The summed E-state index contributed by atoms with van der Waals surface area (Å²) in [6, 6.07) is 10.7. The van der Waals surface area contributed by atoms with Crippen molar-refractivity contribution in [3.05, 3.63) is 88.2 Å². The number of hydrogen-bond acceptors (Lipinski definition) is 7. The van der Waals surface area contributed by atoms with Gasteiger partial charge in [-0.2, -0.15) is 13.2 Å². The van der Waals surface area contributed by atoms with Gasteiger partial charge >= 0.3 is 6.18 Å². The number of alkyl halides is 3. The molecule has 0 aliphatic rings. The first-order valence-corrected chi connectivity index (χ1v) is 14.5. The Bertz CT molecular complexity index is 1630. The normalized spacial score (nSPS) is 11.5. The average Bonchev–Trinajstić information content (AvgIpc) is 2.98. The van der Waals surface area contributed by atoms with E-state index in [0.717, 1.165) is 25.1 Å². The van der Waals surface area contributed by atoms with Crippen LogP contribution in [0.5, 0.6) is 11.6 Å². The lowest BCUT2D eigenvalue weighted by Crippen LogP contribution is -2.25. The summed E-state index contributed by atoms with van der Waals surface area (Å²) in [5, 5.41) is 2.49. The predicted octanol–water partition coefficient (Wildman–Crippen LogP) is 7.45. The van der Waals surface area contributed by atoms with Crippen LogP contribution in [0.2, 0.25) is 0 Å². The molecular formula is C31H31BrF4N6O2. The summed E-state index contributed by atoms with van der Waals surface area (Å²) in [6.07, 6.45) is -0.171. The first-order chi connectivity index (χ1) is 20.9. The molecule has 0 aliphatic carbocycles. The summed E-state index contributed by atoms with van der Waals surface area (Å²) in [5.74, 6) is -1.03. The van der Waals surface area contributed by atoms with Crippen molar-refractivity contribution in [1.29, 1.82) is 0 Å². The van der Waals surface area contributed by atoms with Gasteiger partial charge < -0.3 is 19.9 Å². The van der Waals surface area contributed by atoms with Gasteiger partial charge in [-0.3, -0.25) is 4.79 Å². The second kappa shape index (κ2) is 14.1. The molecule has 232 valence electrons. The lowest BCUT2D eigenvalue weighted by atomic mass is 10.1. The number of aryl methyl sites for hydroxylation is 1. The molecule has 1 N–H and O–H groups in total. The van der Waals surface area contributed by atoms with Crippen LogP contribution >= 0.6 is 15.9 Å². The number of nitrogens with zero attached hydrogens (tertiary/aromatic N) is 5. The monoisotopic (exact) mass is 674 g/mol. The van der Waals surface area contributed by atoms with Crippen LogP contribution in [0.4, 0.5) is 28.9 Å². The highest BCUT2D eigenvalue weighted by Gasteiger charge is 2.32. The third kappa shape index (κ3) is 8.08. The van der Waals surface area contributed by atoms with Crippen LogP contribution < -0.4 is 15.0 Å². The van der Waals surface area contributed by atoms with Gasteiger partial charge in [0.05, 0.1) is 38.2 Å². The zero-order chi connectivity index (χ0) is 32.0. The lowest BCUT2D eigenvalue weighted by molar-refractivity contribution is -0.137. The summed E-state index contributed by atoms with van der Waals surface area (Å²) >= 11 is 3.12. The molecule has 0 spiro atoms. The summed E-state index contributed by atoms with van der Waals surface area (Å²) in [5.41, 5.74) is -0.0443. The Morgan fingerprint density at radius 1 is 1.02 bits per heavy atom. The minimum absolute atomic E-state index is 0.0678. The second-order valence-electron chi connectivity index (χ2n) is 10.2. The van der Waals surface area contributed by atoms with Gasteiger partial charge in [-0.25, -0.2) is 19.3 Å². The topological polar surface area (TPSA) is 83.5 Å². The molecule has 44 heavy (non-hydrogen) atoms. The van der Waals surface area contributed by atoms with Crippen LogP contribution in [0.25, 0.3) is 11.3 Å². The standard InChI is InChI=1S/C31H31BrF4N6O2/c1-5-27-37-13-11-24(39-27)21-8-6-12-38-30(21)44-20-17-22(28(33)23(32)18-20)29(43)40-25-16-19(31(34,35)36)9-10-26(25)42(4)15-7-14-41(2)3/h6,8-13,16-18H,5,7,14-15H2,1-4H3,(H,40,43). The molecule has 4 rings (SSSR count). The van der Waals surface area contributed by atoms with Gasteiger partial charge in [0.2, 0.25) is 5.88 Å². The maximum Gasteiger partial charge on any atom is 0.416 e. The van der Waals surface area contributed by atoms with E-state index in [4.69, 9.17) is 4.74 Å². The molecule has 0 bridgehead atoms. The molecule has 0 unspecified atom stereocenters. The minimum Gasteiger partial charge on any atom is -0.438 e. The number of aromatic nitrogens is 3. The third-order valence-corrected chi connectivity index (χ3v) is 7.19. The van der Waals surface area contributed by atoms with E-state index in [-0.39, 0.29) is 21.8 Å². The summed E-state index contributed by atoms with van der Waals surface area (Å²) in [6.45, 7) is 3.19. The second-order valence-corrected chi connectivity index (χ2v) is 11.1. The van der Waals surface area contributed by atoms with Crippen LogP contribution in [0.15, 0.2) is 65.4 Å². The fraction of sp³-hybridized carbons (Fsp3) is 0.290. The Balaban J connectivity index is 1.66. The first kappa shape index (κ1) is 32.8. The Morgan fingerprint density at radius 3 is 2.50 bits per heavy atom. The number of hydrogen-bond donors (Lipinski definition) is 1. The Hall–Kier alpha value is -4.10. The van der Waals surface area contributed by atoms with Crippen molar-refractivity contribution in [2.75, 3.05) is 44.4 Å². The summed E-state index contributed by atoms with van der Waals surface area (Å²) in [7, 11) is 5.55. The summed E-state index contributed by atoms with van der Waals surface area (Å²) in [4.78, 5) is 30.2. The highest BCUT2D eigenvalue weighted by atomic mass is 79.9. The molecular weight excluding hydrogens is 644 g/mol. The van der Waals surface area contributed by atoms with Crippen molar-refractivity contribution < 1.29 is 27.1 Å². The van der Waals surface area contributed by atoms with Crippen LogP contribution in [0.3, 0.4) is 0 Å². The van der Waals surface area contributed by atoms with E-state index < -0.39 is 29.0 Å². The van der Waals surface area contributed by atoms with Gasteiger partial charge in [0.25, 0.3) is 5.91 Å². The number of carbonyl (C=O) groups excluding carboxylic acids is 1. The van der Waals surface area contributed by atoms with Crippen LogP contribution in [-0.4, -0.2) is 60.0 Å².